The van der Waals surface area contributed by atoms with Crippen molar-refractivity contribution in [2.24, 2.45) is 5.92 Å². The van der Waals surface area contributed by atoms with E-state index in [0.717, 1.165) is 31.4 Å². The van der Waals surface area contributed by atoms with Gasteiger partial charge in [0.2, 0.25) is 11.6 Å². The minimum Gasteiger partial charge on any atom is -0.475 e. The number of hydrogen-bond acceptors (Lipinski definition) is 6. The Kier molecular flexibility index (Phi) is 6.94. The first kappa shape index (κ1) is 26.1. The number of fused-ring (bicyclic) bond motifs is 1. The Morgan fingerprint density at radius 3 is 2.33 bits per heavy atom. The van der Waals surface area contributed by atoms with Gasteiger partial charge in [-0.3, -0.25) is 4.79 Å². The van der Waals surface area contributed by atoms with Crippen molar-refractivity contribution in [1.82, 2.24) is 19.5 Å². The lowest BCUT2D eigenvalue weighted by Crippen LogP contribution is -2.31. The molecule has 1 aliphatic carbocycles. The van der Waals surface area contributed by atoms with E-state index in [1.165, 1.54) is 16.7 Å². The van der Waals surface area contributed by atoms with Crippen molar-refractivity contribution in [3.63, 3.8) is 0 Å². The number of para-hydroxylation sites is 1. The maximum Gasteiger partial charge on any atom is 0.416 e. The number of imidazole rings is 1. The second kappa shape index (κ2) is 10.4. The fourth-order valence-electron chi connectivity index (χ4n) is 4.52. The van der Waals surface area contributed by atoms with Crippen molar-refractivity contribution < 1.29 is 27.9 Å². The van der Waals surface area contributed by atoms with Crippen LogP contribution in [0, 0.1) is 5.92 Å². The molecular formula is C27H25F3N6O3. The topological polar surface area (TPSA) is 122 Å². The van der Waals surface area contributed by atoms with Crippen LogP contribution in [0.25, 0.3) is 11.2 Å². The van der Waals surface area contributed by atoms with Gasteiger partial charge in [0.05, 0.1) is 12.1 Å². The molecule has 39 heavy (non-hydrogen) atoms. The summed E-state index contributed by atoms with van der Waals surface area (Å²) in [6.45, 7) is 1.94. The highest BCUT2D eigenvalue weighted by molar-refractivity contribution is 6.04. The summed E-state index contributed by atoms with van der Waals surface area (Å²) in [5.41, 5.74) is 0.441. The monoisotopic (exact) mass is 538 g/mol. The highest BCUT2D eigenvalue weighted by Crippen LogP contribution is 2.33. The predicted molar refractivity (Wildman–Crippen MR) is 138 cm³/mol. The smallest absolute Gasteiger partial charge is 0.416 e. The standard InChI is InChI=1S/C27H25F3N6O3/c1-15(17-6-5-7-17)31-21-20-22(34-23(33-21)26(38)39)35-24(25(37)32-19-8-3-2-4-9-19)36(20)14-16-10-12-18(13-11-16)27(28,29)30/h2-4,8-13,15,17H,5-7,14H2,1H3,(H,32,37)(H,38,39)(H,31,33,34). The van der Waals surface area contributed by atoms with Crippen molar-refractivity contribution in [2.75, 3.05) is 10.6 Å². The fraction of sp³-hybridized carbons (Fsp3) is 0.296. The molecular weight excluding hydrogens is 513 g/mol. The zero-order valence-electron chi connectivity index (χ0n) is 20.9. The zero-order valence-corrected chi connectivity index (χ0v) is 20.9. The van der Waals surface area contributed by atoms with E-state index in [2.05, 4.69) is 25.6 Å². The van der Waals surface area contributed by atoms with E-state index >= 15 is 0 Å². The highest BCUT2D eigenvalue weighted by Gasteiger charge is 2.31. The zero-order chi connectivity index (χ0) is 27.7. The maximum atomic E-state index is 13.4. The molecule has 0 saturated heterocycles. The number of nitrogens with one attached hydrogen (secondary N) is 2. The first-order chi connectivity index (χ1) is 18.6. The van der Waals surface area contributed by atoms with Crippen LogP contribution >= 0.6 is 0 Å². The summed E-state index contributed by atoms with van der Waals surface area (Å²) >= 11 is 0. The Morgan fingerprint density at radius 2 is 1.74 bits per heavy atom. The van der Waals surface area contributed by atoms with Gasteiger partial charge in [-0.1, -0.05) is 36.8 Å². The number of rotatable bonds is 8. The van der Waals surface area contributed by atoms with Crippen molar-refractivity contribution in [3.8, 4) is 0 Å². The minimum absolute atomic E-state index is 0.0177. The van der Waals surface area contributed by atoms with Crippen molar-refractivity contribution >= 4 is 34.5 Å². The van der Waals surface area contributed by atoms with E-state index in [4.69, 9.17) is 0 Å². The fourth-order valence-corrected chi connectivity index (χ4v) is 4.52. The Hall–Kier alpha value is -4.48. The first-order valence-corrected chi connectivity index (χ1v) is 12.4. The van der Waals surface area contributed by atoms with Gasteiger partial charge < -0.3 is 20.3 Å². The lowest BCUT2D eigenvalue weighted by atomic mass is 9.80. The summed E-state index contributed by atoms with van der Waals surface area (Å²) in [5.74, 6) is -1.97. The van der Waals surface area contributed by atoms with E-state index in [1.54, 1.807) is 30.3 Å². The summed E-state index contributed by atoms with van der Waals surface area (Å²) in [4.78, 5) is 37.8. The molecule has 9 nitrogen and oxygen atoms in total. The lowest BCUT2D eigenvalue weighted by Gasteiger charge is -2.32. The molecule has 4 aromatic rings. The Bertz CT molecular complexity index is 1520. The number of alkyl halides is 3. The highest BCUT2D eigenvalue weighted by atomic mass is 19.4. The molecule has 1 aliphatic rings. The van der Waals surface area contributed by atoms with Crippen LogP contribution in [0.3, 0.4) is 0 Å². The third-order valence-corrected chi connectivity index (χ3v) is 6.87. The molecule has 1 atom stereocenters. The number of aromatic carboxylic acids is 1. The molecule has 1 saturated carbocycles. The van der Waals surface area contributed by atoms with Crippen LogP contribution in [-0.2, 0) is 12.7 Å². The van der Waals surface area contributed by atoms with Crippen LogP contribution in [0.1, 0.15) is 58.6 Å². The average molecular weight is 539 g/mol. The summed E-state index contributed by atoms with van der Waals surface area (Å²) in [5, 5.41) is 15.7. The second-order valence-electron chi connectivity index (χ2n) is 9.53. The number of carboxylic acid groups (broad SMARTS) is 1. The van der Waals surface area contributed by atoms with Crippen molar-refractivity contribution in [2.45, 2.75) is 44.9 Å². The van der Waals surface area contributed by atoms with Crippen LogP contribution in [0.5, 0.6) is 0 Å². The van der Waals surface area contributed by atoms with Crippen LogP contribution < -0.4 is 10.6 Å². The van der Waals surface area contributed by atoms with Gasteiger partial charge in [0.25, 0.3) is 5.91 Å². The molecule has 2 heterocycles. The van der Waals surface area contributed by atoms with E-state index < -0.39 is 29.4 Å². The normalized spacial score (nSPS) is 14.6. The number of aromatic nitrogens is 4. The third-order valence-electron chi connectivity index (χ3n) is 6.87. The van der Waals surface area contributed by atoms with Gasteiger partial charge in [0, 0.05) is 11.7 Å². The molecule has 3 N–H and O–H groups in total. The SMILES string of the molecule is CC(Nc1nc(C(=O)O)nc2nc(C(=O)Nc3ccccc3)n(Cc3ccc(C(F)(F)F)cc3)c12)C1CCC1. The third kappa shape index (κ3) is 5.54. The first-order valence-electron chi connectivity index (χ1n) is 12.4. The number of nitrogens with zero attached hydrogens (tertiary/aromatic N) is 4. The van der Waals surface area contributed by atoms with Gasteiger partial charge in [-0.25, -0.2) is 19.7 Å². The van der Waals surface area contributed by atoms with Gasteiger partial charge in [-0.05, 0) is 55.5 Å². The van der Waals surface area contributed by atoms with E-state index in [-0.39, 0.29) is 35.4 Å². The summed E-state index contributed by atoms with van der Waals surface area (Å²) in [6, 6.07) is 13.2. The Labute approximate surface area is 221 Å². The number of hydrogen-bond donors (Lipinski definition) is 3. The van der Waals surface area contributed by atoms with Crippen LogP contribution in [-0.4, -0.2) is 42.5 Å². The number of halogens is 3. The Morgan fingerprint density at radius 1 is 1.05 bits per heavy atom. The largest absolute Gasteiger partial charge is 0.475 e. The number of carbonyl (C=O) groups excluding carboxylic acids is 1. The molecule has 1 unspecified atom stereocenters. The molecule has 1 fully saturated rings. The lowest BCUT2D eigenvalue weighted by molar-refractivity contribution is -0.137. The van der Waals surface area contributed by atoms with Gasteiger partial charge in [-0.15, -0.1) is 0 Å². The molecule has 1 amide bonds. The van der Waals surface area contributed by atoms with E-state index in [1.807, 2.05) is 6.92 Å². The Balaban J connectivity index is 1.62. The molecule has 0 radical (unpaired) electrons. The molecule has 12 heteroatoms. The number of carboxylic acids is 1. The van der Waals surface area contributed by atoms with Crippen molar-refractivity contribution in [1.29, 1.82) is 0 Å². The summed E-state index contributed by atoms with van der Waals surface area (Å²) < 4.78 is 40.9. The number of anilines is 2. The van der Waals surface area contributed by atoms with Crippen molar-refractivity contribution in [3.05, 3.63) is 77.4 Å². The summed E-state index contributed by atoms with van der Waals surface area (Å²) in [7, 11) is 0. The van der Waals surface area contributed by atoms with E-state index in [0.29, 0.717) is 17.2 Å². The van der Waals surface area contributed by atoms with Crippen LogP contribution in [0.2, 0.25) is 0 Å². The molecule has 0 bridgehead atoms. The molecule has 202 valence electrons. The molecule has 5 rings (SSSR count). The predicted octanol–water partition coefficient (Wildman–Crippen LogP) is 5.44. The van der Waals surface area contributed by atoms with Crippen LogP contribution in [0.15, 0.2) is 54.6 Å². The van der Waals surface area contributed by atoms with Gasteiger partial charge >= 0.3 is 12.1 Å². The molecule has 2 aromatic carbocycles. The second-order valence-corrected chi connectivity index (χ2v) is 9.53. The van der Waals surface area contributed by atoms with E-state index in [9.17, 15) is 27.9 Å². The maximum absolute atomic E-state index is 13.4. The average Bonchev–Trinajstić information content (AvgIpc) is 3.22. The molecule has 2 aromatic heterocycles. The quantitative estimate of drug-likeness (QED) is 0.273. The number of benzene rings is 2. The summed E-state index contributed by atoms with van der Waals surface area (Å²) in [6.07, 6.45) is -1.35. The van der Waals surface area contributed by atoms with Crippen LogP contribution in [0.4, 0.5) is 24.7 Å². The molecule has 0 aliphatic heterocycles. The van der Waals surface area contributed by atoms with Gasteiger partial charge in [0.15, 0.2) is 11.5 Å². The molecule has 0 spiro atoms. The van der Waals surface area contributed by atoms with Gasteiger partial charge in [0.1, 0.15) is 5.52 Å². The number of amides is 1. The van der Waals surface area contributed by atoms with Gasteiger partial charge in [-0.2, -0.15) is 13.2 Å². The number of carbonyl (C=O) groups is 2. The minimum atomic E-state index is -4.49.